The monoisotopic (exact) mass is 396 g/mol. The summed E-state index contributed by atoms with van der Waals surface area (Å²) in [4.78, 5) is 20.2. The third-order valence-corrected chi connectivity index (χ3v) is 4.34. The summed E-state index contributed by atoms with van der Waals surface area (Å²) in [6.45, 7) is 2.00. The second kappa shape index (κ2) is 7.53. The summed E-state index contributed by atoms with van der Waals surface area (Å²) in [6, 6.07) is 2.16. The number of benzene rings is 1. The molecule has 0 spiro atoms. The number of ether oxygens (including phenoxy) is 2. The maximum absolute atomic E-state index is 13.4. The normalized spacial score (nSPS) is 11.9. The van der Waals surface area contributed by atoms with Crippen LogP contribution in [-0.2, 0) is 22.3 Å². The van der Waals surface area contributed by atoms with Gasteiger partial charge in [-0.1, -0.05) is 13.3 Å². The zero-order valence-electron chi connectivity index (χ0n) is 15.3. The molecule has 10 heteroatoms. The lowest BCUT2D eigenvalue weighted by molar-refractivity contribution is -0.144. The Morgan fingerprint density at radius 2 is 2.04 bits per heavy atom. The molecular formula is C18H19F3N4O3. The highest BCUT2D eigenvalue weighted by Gasteiger charge is 2.35. The van der Waals surface area contributed by atoms with Crippen molar-refractivity contribution in [2.24, 2.45) is 0 Å². The maximum atomic E-state index is 13.4. The Morgan fingerprint density at radius 3 is 2.68 bits per heavy atom. The molecule has 0 aliphatic heterocycles. The molecule has 2 heterocycles. The van der Waals surface area contributed by atoms with E-state index in [4.69, 9.17) is 15.2 Å². The molecule has 0 amide bonds. The molecule has 28 heavy (non-hydrogen) atoms. The van der Waals surface area contributed by atoms with Crippen LogP contribution < -0.4 is 10.5 Å². The van der Waals surface area contributed by atoms with Gasteiger partial charge < -0.3 is 19.8 Å². The number of unbranched alkanes of at least 4 members (excludes halogenated alkanes) is 1. The van der Waals surface area contributed by atoms with E-state index in [0.717, 1.165) is 26.0 Å². The molecule has 0 aliphatic carbocycles. The summed E-state index contributed by atoms with van der Waals surface area (Å²) in [6.07, 6.45) is -1.85. The highest BCUT2D eigenvalue weighted by atomic mass is 19.4. The van der Waals surface area contributed by atoms with E-state index in [-0.39, 0.29) is 41.1 Å². The first-order valence-electron chi connectivity index (χ1n) is 8.61. The minimum absolute atomic E-state index is 0.0198. The standard InChI is InChI=1S/C18H19F3N4O3/c1-3-4-5-28-14(26)8-25-12-7-13(27-2)11(18(19,20)21)6-10(12)15-16(22)23-9-24-17(15)25/h6-7,9H,3-5,8H2,1-2H3,(H2,22,23,24). The lowest BCUT2D eigenvalue weighted by atomic mass is 10.1. The Hall–Kier alpha value is -3.04. The summed E-state index contributed by atoms with van der Waals surface area (Å²) in [5.41, 5.74) is 5.52. The Bertz CT molecular complexity index is 1030. The molecule has 0 unspecified atom stereocenters. The van der Waals surface area contributed by atoms with Crippen LogP contribution in [0.4, 0.5) is 19.0 Å². The lowest BCUT2D eigenvalue weighted by Crippen LogP contribution is -2.15. The number of esters is 1. The third kappa shape index (κ3) is 3.54. The van der Waals surface area contributed by atoms with Gasteiger partial charge in [0, 0.05) is 11.5 Å². The van der Waals surface area contributed by atoms with E-state index in [0.29, 0.717) is 5.52 Å². The largest absolute Gasteiger partial charge is 0.496 e. The predicted octanol–water partition coefficient (Wildman–Crippen LogP) is 3.54. The number of hydrogen-bond acceptors (Lipinski definition) is 6. The Balaban J connectivity index is 2.21. The van der Waals surface area contributed by atoms with Gasteiger partial charge in [-0.25, -0.2) is 9.97 Å². The molecule has 1 aromatic carbocycles. The van der Waals surface area contributed by atoms with Gasteiger partial charge in [-0.2, -0.15) is 13.2 Å². The maximum Gasteiger partial charge on any atom is 0.419 e. The van der Waals surface area contributed by atoms with E-state index in [1.807, 2.05) is 6.92 Å². The summed E-state index contributed by atoms with van der Waals surface area (Å²) in [5.74, 6) is -0.871. The number of nitrogen functional groups attached to an aromatic ring is 1. The van der Waals surface area contributed by atoms with Crippen molar-refractivity contribution in [3.63, 3.8) is 0 Å². The Kier molecular flexibility index (Phi) is 5.30. The van der Waals surface area contributed by atoms with Crippen LogP contribution >= 0.6 is 0 Å². The van der Waals surface area contributed by atoms with E-state index in [1.54, 1.807) is 0 Å². The van der Waals surface area contributed by atoms with Gasteiger partial charge in [0.15, 0.2) is 0 Å². The van der Waals surface area contributed by atoms with E-state index in [1.165, 1.54) is 17.0 Å². The number of fused-ring (bicyclic) bond motifs is 3. The fourth-order valence-electron chi connectivity index (χ4n) is 3.01. The number of hydrogen-bond donors (Lipinski definition) is 1. The number of anilines is 1. The number of nitrogens with two attached hydrogens (primary N) is 1. The van der Waals surface area contributed by atoms with Crippen molar-refractivity contribution in [1.29, 1.82) is 0 Å². The fraction of sp³-hybridized carbons (Fsp3) is 0.389. The predicted molar refractivity (Wildman–Crippen MR) is 96.9 cm³/mol. The molecule has 150 valence electrons. The number of carbonyl (C=O) groups excluding carboxylic acids is 1. The number of aromatic nitrogens is 3. The molecule has 0 fully saturated rings. The summed E-state index contributed by atoms with van der Waals surface area (Å²) < 4.78 is 51.9. The minimum atomic E-state index is -4.63. The van der Waals surface area contributed by atoms with Crippen LogP contribution in [0.1, 0.15) is 25.3 Å². The van der Waals surface area contributed by atoms with Gasteiger partial charge in [-0.3, -0.25) is 4.79 Å². The first kappa shape index (κ1) is 19.7. The van der Waals surface area contributed by atoms with Crippen molar-refractivity contribution >= 4 is 33.7 Å². The molecule has 0 saturated carbocycles. The van der Waals surface area contributed by atoms with Crippen LogP contribution in [0.5, 0.6) is 5.75 Å². The van der Waals surface area contributed by atoms with E-state index < -0.39 is 17.7 Å². The zero-order valence-corrected chi connectivity index (χ0v) is 15.3. The van der Waals surface area contributed by atoms with Gasteiger partial charge in [0.1, 0.15) is 30.1 Å². The molecule has 0 atom stereocenters. The molecule has 2 N–H and O–H groups in total. The van der Waals surface area contributed by atoms with Crippen molar-refractivity contribution in [3.8, 4) is 5.75 Å². The van der Waals surface area contributed by atoms with Gasteiger partial charge in [-0.15, -0.1) is 0 Å². The SMILES string of the molecule is CCCCOC(=O)Cn1c2cc(OC)c(C(F)(F)F)cc2c2c(N)ncnc21. The molecule has 0 radical (unpaired) electrons. The van der Waals surface area contributed by atoms with Crippen LogP contribution in [0, 0.1) is 0 Å². The minimum Gasteiger partial charge on any atom is -0.496 e. The van der Waals surface area contributed by atoms with Crippen LogP contribution in [-0.4, -0.2) is 34.2 Å². The Morgan fingerprint density at radius 1 is 1.29 bits per heavy atom. The second-order valence-electron chi connectivity index (χ2n) is 6.19. The van der Waals surface area contributed by atoms with Crippen molar-refractivity contribution in [2.45, 2.75) is 32.5 Å². The number of rotatable bonds is 6. The van der Waals surface area contributed by atoms with Crippen LogP contribution in [0.2, 0.25) is 0 Å². The highest BCUT2D eigenvalue weighted by Crippen LogP contribution is 2.41. The van der Waals surface area contributed by atoms with E-state index in [9.17, 15) is 18.0 Å². The van der Waals surface area contributed by atoms with Gasteiger partial charge in [0.05, 0.1) is 30.2 Å². The molecule has 3 aromatic rings. The van der Waals surface area contributed by atoms with E-state index in [2.05, 4.69) is 9.97 Å². The molecule has 0 aliphatic rings. The molecule has 0 bridgehead atoms. The number of methoxy groups -OCH3 is 1. The van der Waals surface area contributed by atoms with Crippen LogP contribution in [0.25, 0.3) is 21.9 Å². The van der Waals surface area contributed by atoms with Crippen LogP contribution in [0.3, 0.4) is 0 Å². The van der Waals surface area contributed by atoms with Crippen molar-refractivity contribution in [3.05, 3.63) is 24.0 Å². The number of alkyl halides is 3. The summed E-state index contributed by atoms with van der Waals surface area (Å²) in [5, 5.41) is 0.426. The van der Waals surface area contributed by atoms with Gasteiger partial charge >= 0.3 is 12.1 Å². The van der Waals surface area contributed by atoms with Crippen molar-refractivity contribution in [2.75, 3.05) is 19.5 Å². The van der Waals surface area contributed by atoms with E-state index >= 15 is 0 Å². The zero-order chi connectivity index (χ0) is 20.5. The molecule has 7 nitrogen and oxygen atoms in total. The summed E-state index contributed by atoms with van der Waals surface area (Å²) >= 11 is 0. The van der Waals surface area contributed by atoms with Crippen LogP contribution in [0.15, 0.2) is 18.5 Å². The topological polar surface area (TPSA) is 92.3 Å². The first-order chi connectivity index (χ1) is 13.3. The lowest BCUT2D eigenvalue weighted by Gasteiger charge is -2.13. The molecule has 3 rings (SSSR count). The third-order valence-electron chi connectivity index (χ3n) is 4.34. The highest BCUT2D eigenvalue weighted by molar-refractivity contribution is 6.12. The van der Waals surface area contributed by atoms with Gasteiger partial charge in [0.2, 0.25) is 0 Å². The smallest absolute Gasteiger partial charge is 0.419 e. The molecule has 2 aromatic heterocycles. The average molecular weight is 396 g/mol. The number of carbonyl (C=O) groups is 1. The second-order valence-corrected chi connectivity index (χ2v) is 6.19. The van der Waals surface area contributed by atoms with Gasteiger partial charge in [-0.05, 0) is 12.5 Å². The van der Waals surface area contributed by atoms with Crippen molar-refractivity contribution in [1.82, 2.24) is 14.5 Å². The fourth-order valence-corrected chi connectivity index (χ4v) is 3.01. The Labute approximate surface area is 158 Å². The number of halogens is 3. The molecular weight excluding hydrogens is 377 g/mol. The van der Waals surface area contributed by atoms with Gasteiger partial charge in [0.25, 0.3) is 0 Å². The molecule has 0 saturated heterocycles. The quantitative estimate of drug-likeness (QED) is 0.506. The van der Waals surface area contributed by atoms with Crippen molar-refractivity contribution < 1.29 is 27.4 Å². The number of nitrogens with zero attached hydrogens (tertiary/aromatic N) is 3. The first-order valence-corrected chi connectivity index (χ1v) is 8.61. The average Bonchev–Trinajstić information content (AvgIpc) is 2.94. The summed E-state index contributed by atoms with van der Waals surface area (Å²) in [7, 11) is 1.15.